The van der Waals surface area contributed by atoms with Crippen molar-refractivity contribution >= 4 is 44.8 Å². The van der Waals surface area contributed by atoms with Crippen molar-refractivity contribution in [3.63, 3.8) is 0 Å². The number of ketones is 1. The van der Waals surface area contributed by atoms with Crippen LogP contribution in [0.15, 0.2) is 33.6 Å². The van der Waals surface area contributed by atoms with E-state index in [4.69, 9.17) is 0 Å². The molecular weight excluding hydrogens is 330 g/mol. The van der Waals surface area contributed by atoms with Gasteiger partial charge >= 0.3 is 0 Å². The van der Waals surface area contributed by atoms with Crippen LogP contribution in [0.5, 0.6) is 0 Å². The van der Waals surface area contributed by atoms with Crippen molar-refractivity contribution in [3.05, 3.63) is 44.3 Å². The van der Waals surface area contributed by atoms with Crippen molar-refractivity contribution < 1.29 is 4.79 Å². The van der Waals surface area contributed by atoms with E-state index < -0.39 is 0 Å². The zero-order valence-corrected chi connectivity index (χ0v) is 13.3. The number of thioether (sulfide) groups is 1. The van der Waals surface area contributed by atoms with E-state index >= 15 is 0 Å². The van der Waals surface area contributed by atoms with Crippen molar-refractivity contribution in [2.45, 2.75) is 24.5 Å². The summed E-state index contributed by atoms with van der Waals surface area (Å²) < 4.78 is 1.09. The second-order valence-corrected chi connectivity index (χ2v) is 6.75. The zero-order valence-electron chi connectivity index (χ0n) is 10.1. The molecule has 0 unspecified atom stereocenters. The largest absolute Gasteiger partial charge is 0.294 e. The molecule has 0 bridgehead atoms. The maximum absolute atomic E-state index is 11.4. The molecule has 0 amide bonds. The minimum Gasteiger partial charge on any atom is -0.294 e. The highest BCUT2D eigenvalue weighted by Gasteiger charge is 2.11. The van der Waals surface area contributed by atoms with Gasteiger partial charge in [-0.1, -0.05) is 12.1 Å². The number of aryl methyl sites for hydroxylation is 1. The van der Waals surface area contributed by atoms with Crippen LogP contribution in [0.2, 0.25) is 0 Å². The van der Waals surface area contributed by atoms with E-state index in [1.807, 2.05) is 25.1 Å². The quantitative estimate of drug-likeness (QED) is 0.595. The van der Waals surface area contributed by atoms with Crippen LogP contribution in [0, 0.1) is 6.92 Å². The second kappa shape index (κ2) is 5.99. The highest BCUT2D eigenvalue weighted by Crippen LogP contribution is 2.31. The Kier molecular flexibility index (Phi) is 4.59. The predicted molar refractivity (Wildman–Crippen MR) is 80.6 cm³/mol. The first-order chi connectivity index (χ1) is 8.58. The van der Waals surface area contributed by atoms with E-state index in [1.54, 1.807) is 18.7 Å². The van der Waals surface area contributed by atoms with Crippen molar-refractivity contribution in [2.24, 2.45) is 0 Å². The third kappa shape index (κ3) is 3.22. The molecule has 0 radical (unpaired) electrons. The number of hydrogen-bond acceptors (Lipinski definition) is 4. The van der Waals surface area contributed by atoms with Gasteiger partial charge in [0.15, 0.2) is 5.78 Å². The molecule has 0 atom stereocenters. The second-order valence-electron chi connectivity index (χ2n) is 3.80. The molecule has 0 aliphatic carbocycles. The van der Waals surface area contributed by atoms with Gasteiger partial charge in [0, 0.05) is 16.3 Å². The third-order valence-electron chi connectivity index (χ3n) is 2.35. The summed E-state index contributed by atoms with van der Waals surface area (Å²) in [4.78, 5) is 17.8. The number of aromatic nitrogens is 1. The Morgan fingerprint density at radius 3 is 2.78 bits per heavy atom. The number of Topliss-reactive ketones (excluding diaryl/α,β-unsaturated/α-hetero) is 1. The van der Waals surface area contributed by atoms with Gasteiger partial charge in [0.05, 0.1) is 16.3 Å². The smallest absolute Gasteiger partial charge is 0.171 e. The van der Waals surface area contributed by atoms with E-state index in [2.05, 4.69) is 27.0 Å². The van der Waals surface area contributed by atoms with Crippen LogP contribution in [-0.4, -0.2) is 10.8 Å². The third-order valence-corrected chi connectivity index (χ3v) is 5.83. The predicted octanol–water partition coefficient (Wildman–Crippen LogP) is 4.71. The SMILES string of the molecule is CC(=O)c1sc(CSc2ccccc2Br)nc1C. The molecule has 0 spiro atoms. The van der Waals surface area contributed by atoms with Gasteiger partial charge in [-0.25, -0.2) is 4.98 Å². The fourth-order valence-electron chi connectivity index (χ4n) is 1.54. The van der Waals surface area contributed by atoms with Gasteiger partial charge in [-0.2, -0.15) is 0 Å². The van der Waals surface area contributed by atoms with Crippen LogP contribution in [0.25, 0.3) is 0 Å². The molecule has 1 heterocycles. The summed E-state index contributed by atoms with van der Waals surface area (Å²) in [5.41, 5.74) is 0.843. The van der Waals surface area contributed by atoms with E-state index in [0.29, 0.717) is 0 Å². The molecule has 1 aromatic carbocycles. The fourth-order valence-corrected chi connectivity index (χ4v) is 4.06. The minimum atomic E-state index is 0.0992. The maximum Gasteiger partial charge on any atom is 0.171 e. The van der Waals surface area contributed by atoms with Crippen LogP contribution in [0.1, 0.15) is 27.3 Å². The standard InChI is InChI=1S/C13H12BrNOS2/c1-8-13(9(2)16)18-12(15-8)7-17-11-6-4-3-5-10(11)14/h3-6H,7H2,1-2H3. The first-order valence-corrected chi connectivity index (χ1v) is 8.02. The Balaban J connectivity index is 2.09. The molecule has 18 heavy (non-hydrogen) atoms. The van der Waals surface area contributed by atoms with E-state index in [9.17, 15) is 4.79 Å². The average molecular weight is 342 g/mol. The van der Waals surface area contributed by atoms with Gasteiger partial charge in [0.25, 0.3) is 0 Å². The van der Waals surface area contributed by atoms with E-state index in [1.165, 1.54) is 16.2 Å². The Hall–Kier alpha value is -0.650. The monoisotopic (exact) mass is 341 g/mol. The van der Waals surface area contributed by atoms with Crippen LogP contribution in [0.4, 0.5) is 0 Å². The first-order valence-electron chi connectivity index (χ1n) is 5.42. The van der Waals surface area contributed by atoms with Crippen molar-refractivity contribution in [3.8, 4) is 0 Å². The molecule has 0 aliphatic rings. The Bertz CT molecular complexity index is 580. The summed E-state index contributed by atoms with van der Waals surface area (Å²) in [5.74, 6) is 0.892. The van der Waals surface area contributed by atoms with Gasteiger partial charge < -0.3 is 0 Å². The van der Waals surface area contributed by atoms with Crippen LogP contribution in [0.3, 0.4) is 0 Å². The van der Waals surface area contributed by atoms with Crippen LogP contribution >= 0.6 is 39.0 Å². The Morgan fingerprint density at radius 2 is 2.17 bits per heavy atom. The van der Waals surface area contributed by atoms with Gasteiger partial charge in [-0.3, -0.25) is 4.79 Å². The number of thiazole rings is 1. The summed E-state index contributed by atoms with van der Waals surface area (Å²) in [6, 6.07) is 8.11. The van der Waals surface area contributed by atoms with Crippen LogP contribution < -0.4 is 0 Å². The lowest BCUT2D eigenvalue weighted by molar-refractivity contribution is 0.102. The summed E-state index contributed by atoms with van der Waals surface area (Å²) in [6.45, 7) is 3.48. The number of benzene rings is 1. The number of nitrogens with zero attached hydrogens (tertiary/aromatic N) is 1. The average Bonchev–Trinajstić information content (AvgIpc) is 2.70. The Morgan fingerprint density at radius 1 is 1.44 bits per heavy atom. The lowest BCUT2D eigenvalue weighted by Crippen LogP contribution is -1.89. The maximum atomic E-state index is 11.4. The number of carbonyl (C=O) groups is 1. The van der Waals surface area contributed by atoms with Crippen molar-refractivity contribution in [1.29, 1.82) is 0 Å². The fraction of sp³-hybridized carbons (Fsp3) is 0.231. The normalized spacial score (nSPS) is 10.6. The number of hydrogen-bond donors (Lipinski definition) is 0. The molecule has 94 valence electrons. The van der Waals surface area contributed by atoms with Gasteiger partial charge in [-0.05, 0) is 35.0 Å². The van der Waals surface area contributed by atoms with Gasteiger partial charge in [0.2, 0.25) is 0 Å². The minimum absolute atomic E-state index is 0.0992. The number of rotatable bonds is 4. The highest BCUT2D eigenvalue weighted by molar-refractivity contribution is 9.10. The molecular formula is C13H12BrNOS2. The molecule has 2 nitrogen and oxygen atoms in total. The lowest BCUT2D eigenvalue weighted by atomic mass is 10.3. The molecule has 0 saturated heterocycles. The summed E-state index contributed by atoms with van der Waals surface area (Å²) in [7, 11) is 0. The molecule has 2 aromatic rings. The van der Waals surface area contributed by atoms with Gasteiger partial charge in [-0.15, -0.1) is 23.1 Å². The summed E-state index contributed by atoms with van der Waals surface area (Å²) >= 11 is 6.74. The Labute approximate surface area is 123 Å². The van der Waals surface area contributed by atoms with Crippen molar-refractivity contribution in [2.75, 3.05) is 0 Å². The summed E-state index contributed by atoms with van der Waals surface area (Å²) in [6.07, 6.45) is 0. The van der Waals surface area contributed by atoms with E-state index in [-0.39, 0.29) is 5.78 Å². The molecule has 0 saturated carbocycles. The number of carbonyl (C=O) groups excluding carboxylic acids is 1. The van der Waals surface area contributed by atoms with Gasteiger partial charge in [0.1, 0.15) is 5.01 Å². The first kappa shape index (κ1) is 13.8. The topological polar surface area (TPSA) is 30.0 Å². The highest BCUT2D eigenvalue weighted by atomic mass is 79.9. The summed E-state index contributed by atoms with van der Waals surface area (Å²) in [5, 5.41) is 0.999. The van der Waals surface area contributed by atoms with Crippen molar-refractivity contribution in [1.82, 2.24) is 4.98 Å². The van der Waals surface area contributed by atoms with Crippen LogP contribution in [-0.2, 0) is 5.75 Å². The molecule has 0 N–H and O–H groups in total. The number of halogens is 1. The zero-order chi connectivity index (χ0) is 13.1. The molecule has 1 aromatic heterocycles. The van der Waals surface area contributed by atoms with E-state index in [0.717, 1.165) is 25.8 Å². The molecule has 2 rings (SSSR count). The molecule has 5 heteroatoms. The molecule has 0 fully saturated rings. The molecule has 0 aliphatic heterocycles. The lowest BCUT2D eigenvalue weighted by Gasteiger charge is -2.01.